The SMILES string of the molecule is CCCC(C)CC(NCC)c1cc(Cl)ccc1Br. The predicted molar refractivity (Wildman–Crippen MR) is 84.3 cm³/mol. The van der Waals surface area contributed by atoms with E-state index in [0.29, 0.717) is 6.04 Å². The van der Waals surface area contributed by atoms with Gasteiger partial charge in [-0.2, -0.15) is 0 Å². The maximum atomic E-state index is 6.11. The monoisotopic (exact) mass is 331 g/mol. The van der Waals surface area contributed by atoms with E-state index in [1.54, 1.807) is 0 Å². The van der Waals surface area contributed by atoms with Crippen LogP contribution in [0.5, 0.6) is 0 Å². The van der Waals surface area contributed by atoms with Crippen LogP contribution >= 0.6 is 27.5 Å². The van der Waals surface area contributed by atoms with Gasteiger partial charge in [0.05, 0.1) is 0 Å². The Labute approximate surface area is 124 Å². The average Bonchev–Trinajstić information content (AvgIpc) is 2.32. The molecule has 3 heteroatoms. The number of nitrogens with one attached hydrogen (secondary N) is 1. The zero-order chi connectivity index (χ0) is 13.5. The zero-order valence-corrected chi connectivity index (χ0v) is 13.8. The van der Waals surface area contributed by atoms with Gasteiger partial charge in [0.2, 0.25) is 0 Å². The molecule has 0 heterocycles. The largest absolute Gasteiger partial charge is 0.310 e. The van der Waals surface area contributed by atoms with Crippen molar-refractivity contribution < 1.29 is 0 Å². The first kappa shape index (κ1) is 16.0. The summed E-state index contributed by atoms with van der Waals surface area (Å²) in [6, 6.07) is 6.40. The van der Waals surface area contributed by atoms with Crippen molar-refractivity contribution in [2.24, 2.45) is 5.92 Å². The van der Waals surface area contributed by atoms with E-state index in [-0.39, 0.29) is 0 Å². The molecular weight excluding hydrogens is 310 g/mol. The van der Waals surface area contributed by atoms with Gasteiger partial charge >= 0.3 is 0 Å². The summed E-state index contributed by atoms with van der Waals surface area (Å²) in [5.74, 6) is 0.727. The van der Waals surface area contributed by atoms with Gasteiger partial charge in [0.15, 0.2) is 0 Å². The van der Waals surface area contributed by atoms with Crippen molar-refractivity contribution in [3.8, 4) is 0 Å². The van der Waals surface area contributed by atoms with E-state index in [4.69, 9.17) is 11.6 Å². The summed E-state index contributed by atoms with van der Waals surface area (Å²) in [7, 11) is 0. The van der Waals surface area contributed by atoms with Gasteiger partial charge in [-0.1, -0.05) is 61.1 Å². The lowest BCUT2D eigenvalue weighted by Crippen LogP contribution is -2.23. The summed E-state index contributed by atoms with van der Waals surface area (Å²) in [6.07, 6.45) is 3.68. The van der Waals surface area contributed by atoms with E-state index in [2.05, 4.69) is 48.1 Å². The highest BCUT2D eigenvalue weighted by Crippen LogP contribution is 2.31. The Kier molecular flexibility index (Phi) is 7.28. The average molecular weight is 333 g/mol. The molecule has 102 valence electrons. The number of hydrogen-bond acceptors (Lipinski definition) is 1. The third-order valence-electron chi connectivity index (χ3n) is 3.20. The minimum atomic E-state index is 0.379. The van der Waals surface area contributed by atoms with E-state index < -0.39 is 0 Å². The highest BCUT2D eigenvalue weighted by Gasteiger charge is 2.16. The fourth-order valence-corrected chi connectivity index (χ4v) is 3.06. The summed E-state index contributed by atoms with van der Waals surface area (Å²) in [4.78, 5) is 0. The van der Waals surface area contributed by atoms with Crippen LogP contribution in [0.2, 0.25) is 5.02 Å². The third kappa shape index (κ3) is 4.91. The van der Waals surface area contributed by atoms with Crippen LogP contribution in [0.15, 0.2) is 22.7 Å². The summed E-state index contributed by atoms with van der Waals surface area (Å²) in [5.41, 5.74) is 1.27. The Hall–Kier alpha value is -0.0500. The van der Waals surface area contributed by atoms with Gasteiger partial charge in [0.1, 0.15) is 0 Å². The Bertz CT molecular complexity index is 368. The molecular formula is C15H23BrClN. The van der Waals surface area contributed by atoms with Crippen LogP contribution in [0.3, 0.4) is 0 Å². The van der Waals surface area contributed by atoms with Crippen molar-refractivity contribution in [3.05, 3.63) is 33.3 Å². The molecule has 0 aliphatic carbocycles. The number of halogens is 2. The fraction of sp³-hybridized carbons (Fsp3) is 0.600. The highest BCUT2D eigenvalue weighted by molar-refractivity contribution is 9.10. The van der Waals surface area contributed by atoms with Gasteiger partial charge in [0.25, 0.3) is 0 Å². The molecule has 18 heavy (non-hydrogen) atoms. The highest BCUT2D eigenvalue weighted by atomic mass is 79.9. The molecule has 1 aromatic carbocycles. The van der Waals surface area contributed by atoms with Crippen molar-refractivity contribution >= 4 is 27.5 Å². The molecule has 0 aromatic heterocycles. The summed E-state index contributed by atoms with van der Waals surface area (Å²) in [6.45, 7) is 7.69. The number of benzene rings is 1. The second kappa shape index (κ2) is 8.19. The normalized spacial score (nSPS) is 14.5. The molecule has 0 saturated carbocycles. The number of rotatable bonds is 7. The minimum absolute atomic E-state index is 0.379. The molecule has 1 nitrogen and oxygen atoms in total. The maximum Gasteiger partial charge on any atom is 0.0410 e. The first-order valence-corrected chi connectivity index (χ1v) is 7.93. The lowest BCUT2D eigenvalue weighted by atomic mass is 9.93. The Morgan fingerprint density at radius 2 is 2.06 bits per heavy atom. The van der Waals surface area contributed by atoms with Gasteiger partial charge in [0, 0.05) is 15.5 Å². The molecule has 0 amide bonds. The van der Waals surface area contributed by atoms with Crippen LogP contribution in [0.4, 0.5) is 0 Å². The van der Waals surface area contributed by atoms with Crippen LogP contribution in [0.25, 0.3) is 0 Å². The predicted octanol–water partition coefficient (Wildman–Crippen LogP) is 5.58. The van der Waals surface area contributed by atoms with E-state index in [1.807, 2.05) is 12.1 Å². The fourth-order valence-electron chi connectivity index (χ4n) is 2.36. The maximum absolute atomic E-state index is 6.11. The third-order valence-corrected chi connectivity index (χ3v) is 4.16. The van der Waals surface area contributed by atoms with Crippen molar-refractivity contribution in [3.63, 3.8) is 0 Å². The molecule has 0 saturated heterocycles. The molecule has 0 aliphatic heterocycles. The Morgan fingerprint density at radius 3 is 2.67 bits per heavy atom. The Morgan fingerprint density at radius 1 is 1.33 bits per heavy atom. The van der Waals surface area contributed by atoms with Gasteiger partial charge in [-0.15, -0.1) is 0 Å². The molecule has 0 bridgehead atoms. The molecule has 2 atom stereocenters. The standard InChI is InChI=1S/C15H23BrClN/c1-4-6-11(3)9-15(18-5-2)13-10-12(17)7-8-14(13)16/h7-8,10-11,15,18H,4-6,9H2,1-3H3. The zero-order valence-electron chi connectivity index (χ0n) is 11.5. The van der Waals surface area contributed by atoms with Crippen molar-refractivity contribution in [2.75, 3.05) is 6.54 Å². The molecule has 0 fully saturated rings. The van der Waals surface area contributed by atoms with Crippen molar-refractivity contribution in [1.82, 2.24) is 5.32 Å². The number of hydrogen-bond donors (Lipinski definition) is 1. The lowest BCUT2D eigenvalue weighted by molar-refractivity contribution is 0.394. The summed E-state index contributed by atoms with van der Waals surface area (Å²) < 4.78 is 1.14. The van der Waals surface area contributed by atoms with E-state index in [9.17, 15) is 0 Å². The van der Waals surface area contributed by atoms with Crippen LogP contribution in [-0.2, 0) is 0 Å². The van der Waals surface area contributed by atoms with Crippen LogP contribution < -0.4 is 5.32 Å². The molecule has 0 aliphatic rings. The first-order chi connectivity index (χ1) is 8.58. The minimum Gasteiger partial charge on any atom is -0.310 e. The molecule has 0 radical (unpaired) electrons. The van der Waals surface area contributed by atoms with E-state index >= 15 is 0 Å². The van der Waals surface area contributed by atoms with Crippen LogP contribution in [0.1, 0.15) is 51.6 Å². The van der Waals surface area contributed by atoms with Crippen LogP contribution in [0, 0.1) is 5.92 Å². The summed E-state index contributed by atoms with van der Waals surface area (Å²) >= 11 is 9.74. The van der Waals surface area contributed by atoms with Crippen molar-refractivity contribution in [2.45, 2.75) is 46.1 Å². The van der Waals surface area contributed by atoms with Crippen molar-refractivity contribution in [1.29, 1.82) is 0 Å². The van der Waals surface area contributed by atoms with E-state index in [1.165, 1.54) is 18.4 Å². The van der Waals surface area contributed by atoms with Crippen LogP contribution in [-0.4, -0.2) is 6.54 Å². The second-order valence-corrected chi connectivity index (χ2v) is 6.20. The van der Waals surface area contributed by atoms with Gasteiger partial charge in [-0.3, -0.25) is 0 Å². The Balaban J connectivity index is 2.85. The molecule has 0 spiro atoms. The molecule has 2 unspecified atom stereocenters. The van der Waals surface area contributed by atoms with E-state index in [0.717, 1.165) is 28.4 Å². The quantitative estimate of drug-likeness (QED) is 0.687. The molecule has 1 N–H and O–H groups in total. The topological polar surface area (TPSA) is 12.0 Å². The second-order valence-electron chi connectivity index (χ2n) is 4.91. The van der Waals surface area contributed by atoms with Gasteiger partial charge in [-0.25, -0.2) is 0 Å². The molecule has 1 aromatic rings. The molecule has 1 rings (SSSR count). The smallest absolute Gasteiger partial charge is 0.0410 e. The lowest BCUT2D eigenvalue weighted by Gasteiger charge is -2.23. The first-order valence-electron chi connectivity index (χ1n) is 6.76. The van der Waals surface area contributed by atoms with Gasteiger partial charge < -0.3 is 5.32 Å². The van der Waals surface area contributed by atoms with Gasteiger partial charge in [-0.05, 0) is 42.6 Å². The summed E-state index contributed by atoms with van der Waals surface area (Å²) in [5, 5.41) is 4.37.